The normalized spacial score (nSPS) is 18.5. The molecular weight excluding hydrogens is 290 g/mol. The second kappa shape index (κ2) is 6.87. The third-order valence-corrected chi connectivity index (χ3v) is 6.03. The topological polar surface area (TPSA) is 84.5 Å². The van der Waals surface area contributed by atoms with Crippen LogP contribution in [-0.2, 0) is 16.6 Å². The van der Waals surface area contributed by atoms with E-state index in [1.165, 1.54) is 10.5 Å². The molecule has 0 aliphatic carbocycles. The Bertz CT molecular complexity index is 549. The van der Waals surface area contributed by atoms with E-state index in [4.69, 9.17) is 5.73 Å². The highest BCUT2D eigenvalue weighted by atomic mass is 32.2. The second-order valence-corrected chi connectivity index (χ2v) is 7.41. The maximum Gasteiger partial charge on any atom is 0.246 e. The van der Waals surface area contributed by atoms with Crippen molar-refractivity contribution in [3.63, 3.8) is 0 Å². The van der Waals surface area contributed by atoms with Crippen LogP contribution in [0.2, 0.25) is 0 Å². The van der Waals surface area contributed by atoms with Crippen molar-refractivity contribution in [3.05, 3.63) is 12.4 Å². The molecular formula is C13H25N5O2S. The summed E-state index contributed by atoms with van der Waals surface area (Å²) in [4.78, 5) is 2.59. The number of piperidine rings is 1. The lowest BCUT2D eigenvalue weighted by atomic mass is 10.1. The minimum absolute atomic E-state index is 0.0654. The van der Waals surface area contributed by atoms with Gasteiger partial charge in [-0.05, 0) is 32.5 Å². The van der Waals surface area contributed by atoms with Gasteiger partial charge < -0.3 is 10.6 Å². The SMILES string of the molecule is CCN1CCC(N(C)S(=O)(=O)c2cnn(CCN)c2)CC1. The molecule has 0 atom stereocenters. The first-order chi connectivity index (χ1) is 9.98. The average Bonchev–Trinajstić information content (AvgIpc) is 2.96. The average molecular weight is 315 g/mol. The monoisotopic (exact) mass is 315 g/mol. The Hall–Kier alpha value is -0.960. The van der Waals surface area contributed by atoms with Crippen molar-refractivity contribution in [1.29, 1.82) is 0 Å². The number of hydrogen-bond acceptors (Lipinski definition) is 5. The summed E-state index contributed by atoms with van der Waals surface area (Å²) in [5, 5.41) is 4.05. The van der Waals surface area contributed by atoms with Crippen LogP contribution in [0.5, 0.6) is 0 Å². The summed E-state index contributed by atoms with van der Waals surface area (Å²) in [5.41, 5.74) is 5.46. The van der Waals surface area contributed by atoms with Gasteiger partial charge in [0, 0.05) is 25.8 Å². The van der Waals surface area contributed by atoms with Gasteiger partial charge >= 0.3 is 0 Å². The third-order valence-electron chi connectivity index (χ3n) is 4.16. The second-order valence-electron chi connectivity index (χ2n) is 5.41. The lowest BCUT2D eigenvalue weighted by Crippen LogP contribution is -2.45. The Labute approximate surface area is 126 Å². The van der Waals surface area contributed by atoms with Crippen LogP contribution in [0.1, 0.15) is 19.8 Å². The highest BCUT2D eigenvalue weighted by Gasteiger charge is 2.31. The van der Waals surface area contributed by atoms with Crippen molar-refractivity contribution in [1.82, 2.24) is 19.0 Å². The van der Waals surface area contributed by atoms with E-state index in [2.05, 4.69) is 16.9 Å². The predicted octanol–water partition coefficient (Wildman–Crippen LogP) is -0.0534. The van der Waals surface area contributed by atoms with Crippen molar-refractivity contribution >= 4 is 10.0 Å². The van der Waals surface area contributed by atoms with Crippen LogP contribution in [0, 0.1) is 0 Å². The minimum atomic E-state index is -3.47. The van der Waals surface area contributed by atoms with E-state index in [1.54, 1.807) is 17.9 Å². The maximum atomic E-state index is 12.6. The van der Waals surface area contributed by atoms with Crippen LogP contribution < -0.4 is 5.73 Å². The zero-order valence-electron chi connectivity index (χ0n) is 12.8. The molecule has 0 unspecified atom stereocenters. The molecule has 1 aromatic heterocycles. The van der Waals surface area contributed by atoms with Gasteiger partial charge in [-0.2, -0.15) is 9.40 Å². The van der Waals surface area contributed by atoms with Gasteiger partial charge in [0.1, 0.15) is 4.90 Å². The van der Waals surface area contributed by atoms with E-state index in [9.17, 15) is 8.42 Å². The molecule has 0 amide bonds. The first kappa shape index (κ1) is 16.4. The van der Waals surface area contributed by atoms with Gasteiger partial charge in [-0.15, -0.1) is 0 Å². The Balaban J connectivity index is 2.07. The van der Waals surface area contributed by atoms with Crippen LogP contribution in [0.4, 0.5) is 0 Å². The van der Waals surface area contributed by atoms with E-state index in [0.717, 1.165) is 32.5 Å². The molecule has 0 saturated carbocycles. The summed E-state index contributed by atoms with van der Waals surface area (Å²) in [6, 6.07) is 0.0654. The van der Waals surface area contributed by atoms with Crippen molar-refractivity contribution < 1.29 is 8.42 Å². The number of rotatable bonds is 6. The lowest BCUT2D eigenvalue weighted by molar-refractivity contribution is 0.176. The van der Waals surface area contributed by atoms with Crippen molar-refractivity contribution in [2.75, 3.05) is 33.2 Å². The van der Waals surface area contributed by atoms with Crippen LogP contribution in [0.15, 0.2) is 17.3 Å². The van der Waals surface area contributed by atoms with Gasteiger partial charge in [-0.1, -0.05) is 6.92 Å². The van der Waals surface area contributed by atoms with Gasteiger partial charge in [0.05, 0.1) is 12.7 Å². The summed E-state index contributed by atoms with van der Waals surface area (Å²) in [6.45, 7) is 6.02. The molecule has 2 rings (SSSR count). The molecule has 21 heavy (non-hydrogen) atoms. The molecule has 2 N–H and O–H groups in total. The number of hydrogen-bond donors (Lipinski definition) is 1. The summed E-state index contributed by atoms with van der Waals surface area (Å²) < 4.78 is 28.3. The third kappa shape index (κ3) is 3.63. The first-order valence-electron chi connectivity index (χ1n) is 7.42. The van der Waals surface area contributed by atoms with E-state index in [-0.39, 0.29) is 10.9 Å². The van der Waals surface area contributed by atoms with Crippen LogP contribution in [0.3, 0.4) is 0 Å². The van der Waals surface area contributed by atoms with Crippen LogP contribution in [0.25, 0.3) is 0 Å². The molecule has 8 heteroatoms. The zero-order chi connectivity index (χ0) is 15.5. The molecule has 120 valence electrons. The fraction of sp³-hybridized carbons (Fsp3) is 0.769. The van der Waals surface area contributed by atoms with Gasteiger partial charge in [-0.3, -0.25) is 4.68 Å². The number of aromatic nitrogens is 2. The molecule has 1 fully saturated rings. The Morgan fingerprint density at radius 2 is 2.10 bits per heavy atom. The van der Waals surface area contributed by atoms with E-state index in [1.807, 2.05) is 0 Å². The number of nitrogens with zero attached hydrogens (tertiary/aromatic N) is 4. The standard InChI is InChI=1S/C13H25N5O2S/c1-3-17-7-4-12(5-8-17)16(2)21(19,20)13-10-15-18(11-13)9-6-14/h10-12H,3-9,14H2,1-2H3. The molecule has 0 spiro atoms. The van der Waals surface area contributed by atoms with Gasteiger partial charge in [0.2, 0.25) is 10.0 Å². The lowest BCUT2D eigenvalue weighted by Gasteiger charge is -2.35. The fourth-order valence-corrected chi connectivity index (χ4v) is 4.07. The van der Waals surface area contributed by atoms with E-state index < -0.39 is 10.0 Å². The molecule has 2 heterocycles. The summed E-state index contributed by atoms with van der Waals surface area (Å²) in [6.07, 6.45) is 4.71. The summed E-state index contributed by atoms with van der Waals surface area (Å²) in [5.74, 6) is 0. The molecule has 0 radical (unpaired) electrons. The molecule has 1 aromatic rings. The molecule has 0 aromatic carbocycles. The molecule has 7 nitrogen and oxygen atoms in total. The van der Waals surface area contributed by atoms with Crippen molar-refractivity contribution in [2.45, 2.75) is 37.2 Å². The van der Waals surface area contributed by atoms with Crippen LogP contribution >= 0.6 is 0 Å². The van der Waals surface area contributed by atoms with Gasteiger partial charge in [0.25, 0.3) is 0 Å². The van der Waals surface area contributed by atoms with Gasteiger partial charge in [-0.25, -0.2) is 8.42 Å². The van der Waals surface area contributed by atoms with Crippen LogP contribution in [-0.4, -0.2) is 66.7 Å². The van der Waals surface area contributed by atoms with Crippen molar-refractivity contribution in [2.24, 2.45) is 5.73 Å². The van der Waals surface area contributed by atoms with E-state index in [0.29, 0.717) is 13.1 Å². The zero-order valence-corrected chi connectivity index (χ0v) is 13.6. The predicted molar refractivity (Wildman–Crippen MR) is 81.4 cm³/mol. The first-order valence-corrected chi connectivity index (χ1v) is 8.86. The number of sulfonamides is 1. The largest absolute Gasteiger partial charge is 0.329 e. The summed E-state index contributed by atoms with van der Waals surface area (Å²) in [7, 11) is -1.80. The Morgan fingerprint density at radius 3 is 2.67 bits per heavy atom. The highest BCUT2D eigenvalue weighted by Crippen LogP contribution is 2.22. The number of likely N-dealkylation sites (tertiary alicyclic amines) is 1. The fourth-order valence-electron chi connectivity index (χ4n) is 2.69. The van der Waals surface area contributed by atoms with E-state index >= 15 is 0 Å². The molecule has 1 aliphatic rings. The minimum Gasteiger partial charge on any atom is -0.329 e. The quantitative estimate of drug-likeness (QED) is 0.795. The molecule has 0 bridgehead atoms. The Morgan fingerprint density at radius 1 is 1.43 bits per heavy atom. The van der Waals surface area contributed by atoms with Gasteiger partial charge in [0.15, 0.2) is 0 Å². The maximum absolute atomic E-state index is 12.6. The summed E-state index contributed by atoms with van der Waals surface area (Å²) >= 11 is 0. The highest BCUT2D eigenvalue weighted by molar-refractivity contribution is 7.89. The number of nitrogens with two attached hydrogens (primary N) is 1. The smallest absolute Gasteiger partial charge is 0.246 e. The molecule has 1 saturated heterocycles. The van der Waals surface area contributed by atoms with Crippen molar-refractivity contribution in [3.8, 4) is 0 Å². The molecule has 1 aliphatic heterocycles. The Kier molecular flexibility index (Phi) is 5.37.